The van der Waals surface area contributed by atoms with Gasteiger partial charge in [0.2, 0.25) is 0 Å². The fraction of sp³-hybridized carbons (Fsp3) is 0.0667. The third-order valence-corrected chi connectivity index (χ3v) is 4.81. The summed E-state index contributed by atoms with van der Waals surface area (Å²) in [5, 5.41) is 11.9. The van der Waals surface area contributed by atoms with Gasteiger partial charge in [0.05, 0.1) is 28.9 Å². The number of anilines is 1. The van der Waals surface area contributed by atoms with Crippen molar-refractivity contribution in [2.75, 3.05) is 12.4 Å². The highest BCUT2D eigenvalue weighted by atomic mass is 127. The lowest BCUT2D eigenvalue weighted by Crippen LogP contribution is -2.15. The Kier molecular flexibility index (Phi) is 6.09. The van der Waals surface area contributed by atoms with Crippen LogP contribution in [-0.2, 0) is 0 Å². The summed E-state index contributed by atoms with van der Waals surface area (Å²) in [7, 11) is 1.40. The summed E-state index contributed by atoms with van der Waals surface area (Å²) in [5.41, 5.74) is 0.650. The average Bonchev–Trinajstić information content (AvgIpc) is 2.49. The number of methoxy groups -OCH3 is 1. The van der Waals surface area contributed by atoms with Crippen molar-refractivity contribution in [2.24, 2.45) is 0 Å². The molecule has 0 heterocycles. The first-order chi connectivity index (χ1) is 10.8. The van der Waals surface area contributed by atoms with Crippen LogP contribution >= 0.6 is 56.8 Å². The van der Waals surface area contributed by atoms with Crippen LogP contribution in [0.2, 0.25) is 5.02 Å². The summed E-state index contributed by atoms with van der Waals surface area (Å²) in [6.07, 6.45) is 0. The Morgan fingerprint density at radius 3 is 2.52 bits per heavy atom. The summed E-state index contributed by atoms with van der Waals surface area (Å²) >= 11 is 10.2. The number of carboxylic acids is 1. The van der Waals surface area contributed by atoms with E-state index in [1.54, 1.807) is 6.07 Å². The van der Waals surface area contributed by atoms with Crippen molar-refractivity contribution in [1.82, 2.24) is 0 Å². The monoisotopic (exact) mass is 557 g/mol. The van der Waals surface area contributed by atoms with Crippen molar-refractivity contribution in [3.63, 3.8) is 0 Å². The Bertz CT molecular complexity index is 795. The first kappa shape index (κ1) is 18.3. The number of nitrogens with one attached hydrogen (secondary N) is 1. The van der Waals surface area contributed by atoms with Gasteiger partial charge in [0, 0.05) is 7.14 Å². The van der Waals surface area contributed by atoms with E-state index in [1.165, 1.54) is 19.2 Å². The third-order valence-electron chi connectivity index (χ3n) is 2.92. The lowest BCUT2D eigenvalue weighted by Gasteiger charge is -2.13. The average molecular weight is 558 g/mol. The molecule has 23 heavy (non-hydrogen) atoms. The van der Waals surface area contributed by atoms with Crippen LogP contribution in [-0.4, -0.2) is 24.1 Å². The van der Waals surface area contributed by atoms with Crippen LogP contribution in [0.3, 0.4) is 0 Å². The highest BCUT2D eigenvalue weighted by Gasteiger charge is 2.18. The molecule has 2 aromatic rings. The standard InChI is InChI=1S/C15H10ClI2NO4/c1-23-13-10(16)4-7(15(21)22)5-12(13)19-14(20)9-6-8(17)2-3-11(9)18/h2-6H,1H3,(H,19,20)(H,21,22). The van der Waals surface area contributed by atoms with E-state index in [4.69, 9.17) is 21.4 Å². The van der Waals surface area contributed by atoms with Gasteiger partial charge in [-0.25, -0.2) is 4.79 Å². The maximum Gasteiger partial charge on any atom is 0.335 e. The van der Waals surface area contributed by atoms with Crippen LogP contribution in [0.15, 0.2) is 30.3 Å². The molecule has 2 N–H and O–H groups in total. The van der Waals surface area contributed by atoms with Crippen molar-refractivity contribution in [3.05, 3.63) is 53.6 Å². The van der Waals surface area contributed by atoms with Gasteiger partial charge in [-0.2, -0.15) is 0 Å². The number of hydrogen-bond acceptors (Lipinski definition) is 3. The van der Waals surface area contributed by atoms with Crippen molar-refractivity contribution in [1.29, 1.82) is 0 Å². The van der Waals surface area contributed by atoms with Crippen LogP contribution in [0.5, 0.6) is 5.75 Å². The van der Waals surface area contributed by atoms with E-state index >= 15 is 0 Å². The predicted molar refractivity (Wildman–Crippen MR) is 105 cm³/mol. The molecular formula is C15H10ClI2NO4. The van der Waals surface area contributed by atoms with Crippen molar-refractivity contribution < 1.29 is 19.4 Å². The fourth-order valence-corrected chi connectivity index (χ4v) is 3.25. The van der Waals surface area contributed by atoms with Crippen LogP contribution in [0.25, 0.3) is 0 Å². The molecule has 0 atom stereocenters. The largest absolute Gasteiger partial charge is 0.493 e. The number of benzene rings is 2. The van der Waals surface area contributed by atoms with E-state index in [0.717, 1.165) is 7.14 Å². The Balaban J connectivity index is 2.44. The van der Waals surface area contributed by atoms with Gasteiger partial charge in [0.25, 0.3) is 5.91 Å². The number of aromatic carboxylic acids is 1. The summed E-state index contributed by atoms with van der Waals surface area (Å²) in [4.78, 5) is 23.6. The van der Waals surface area contributed by atoms with Gasteiger partial charge < -0.3 is 15.2 Å². The highest BCUT2D eigenvalue weighted by molar-refractivity contribution is 14.1. The molecule has 0 radical (unpaired) electrons. The summed E-state index contributed by atoms with van der Waals surface area (Å²) in [5.74, 6) is -1.30. The first-order valence-corrected chi connectivity index (χ1v) is 8.74. The van der Waals surface area contributed by atoms with Gasteiger partial charge in [-0.05, 0) is 75.5 Å². The molecule has 0 unspecified atom stereocenters. The molecule has 1 amide bonds. The van der Waals surface area contributed by atoms with Crippen molar-refractivity contribution in [3.8, 4) is 5.75 Å². The lowest BCUT2D eigenvalue weighted by atomic mass is 10.1. The number of ether oxygens (including phenoxy) is 1. The third kappa shape index (κ3) is 4.27. The van der Waals surface area contributed by atoms with Crippen LogP contribution < -0.4 is 10.1 Å². The van der Waals surface area contributed by atoms with E-state index in [9.17, 15) is 9.59 Å². The number of hydrogen-bond donors (Lipinski definition) is 2. The number of rotatable bonds is 4. The molecule has 0 saturated carbocycles. The Labute approximate surface area is 164 Å². The van der Waals surface area contributed by atoms with Gasteiger partial charge in [0.1, 0.15) is 0 Å². The SMILES string of the molecule is COc1c(Cl)cc(C(=O)O)cc1NC(=O)c1cc(I)ccc1I. The minimum Gasteiger partial charge on any atom is -0.493 e. The van der Waals surface area contributed by atoms with E-state index in [2.05, 4.69) is 50.5 Å². The fourth-order valence-electron chi connectivity index (χ4n) is 1.88. The zero-order valence-electron chi connectivity index (χ0n) is 11.7. The molecule has 2 aromatic carbocycles. The lowest BCUT2D eigenvalue weighted by molar-refractivity contribution is 0.0696. The molecular weight excluding hydrogens is 547 g/mol. The minimum atomic E-state index is -1.14. The summed E-state index contributed by atoms with van der Waals surface area (Å²) in [6.45, 7) is 0. The first-order valence-electron chi connectivity index (χ1n) is 6.20. The van der Waals surface area contributed by atoms with E-state index in [-0.39, 0.29) is 27.9 Å². The highest BCUT2D eigenvalue weighted by Crippen LogP contribution is 2.35. The van der Waals surface area contributed by atoms with Gasteiger partial charge in [-0.15, -0.1) is 0 Å². The topological polar surface area (TPSA) is 75.6 Å². The number of carboxylic acid groups (broad SMARTS) is 1. The van der Waals surface area contributed by atoms with Gasteiger partial charge in [-0.3, -0.25) is 4.79 Å². The maximum atomic E-state index is 12.5. The Morgan fingerprint density at radius 1 is 1.22 bits per heavy atom. The normalized spacial score (nSPS) is 10.3. The summed E-state index contributed by atoms with van der Waals surface area (Å²) in [6, 6.07) is 8.04. The van der Waals surface area contributed by atoms with Crippen molar-refractivity contribution >= 4 is 74.3 Å². The van der Waals surface area contributed by atoms with E-state index in [0.29, 0.717) is 5.56 Å². The van der Waals surface area contributed by atoms with Gasteiger partial charge >= 0.3 is 5.97 Å². The second-order valence-corrected chi connectivity index (χ2v) is 7.24. The van der Waals surface area contributed by atoms with E-state index in [1.807, 2.05) is 12.1 Å². The number of carbonyl (C=O) groups is 2. The molecule has 0 fully saturated rings. The van der Waals surface area contributed by atoms with Crippen LogP contribution in [0, 0.1) is 7.14 Å². The molecule has 0 bridgehead atoms. The number of halogens is 3. The molecule has 0 aliphatic rings. The smallest absolute Gasteiger partial charge is 0.335 e. The number of carbonyl (C=O) groups excluding carboxylic acids is 1. The second kappa shape index (κ2) is 7.67. The molecule has 0 aliphatic heterocycles. The molecule has 0 saturated heterocycles. The van der Waals surface area contributed by atoms with Crippen LogP contribution in [0.1, 0.15) is 20.7 Å². The summed E-state index contributed by atoms with van der Waals surface area (Å²) < 4.78 is 6.85. The minimum absolute atomic E-state index is 0.0385. The van der Waals surface area contributed by atoms with Gasteiger partial charge in [-0.1, -0.05) is 11.6 Å². The Morgan fingerprint density at radius 2 is 1.91 bits per heavy atom. The van der Waals surface area contributed by atoms with E-state index < -0.39 is 5.97 Å². The molecule has 8 heteroatoms. The zero-order chi connectivity index (χ0) is 17.1. The van der Waals surface area contributed by atoms with Crippen LogP contribution in [0.4, 0.5) is 5.69 Å². The molecule has 0 aromatic heterocycles. The Hall–Kier alpha value is -1.07. The quantitative estimate of drug-likeness (QED) is 0.543. The molecule has 0 aliphatic carbocycles. The van der Waals surface area contributed by atoms with Crippen molar-refractivity contribution in [2.45, 2.75) is 0 Å². The maximum absolute atomic E-state index is 12.5. The molecule has 2 rings (SSSR count). The zero-order valence-corrected chi connectivity index (χ0v) is 16.8. The number of amides is 1. The second-order valence-electron chi connectivity index (χ2n) is 4.42. The van der Waals surface area contributed by atoms with Gasteiger partial charge in [0.15, 0.2) is 5.75 Å². The molecule has 120 valence electrons. The molecule has 5 nitrogen and oxygen atoms in total. The molecule has 0 spiro atoms. The predicted octanol–water partition coefficient (Wildman–Crippen LogP) is 4.51.